The first-order chi connectivity index (χ1) is 8.34. The molecule has 18 heavy (non-hydrogen) atoms. The number of rotatable bonds is 6. The maximum absolute atomic E-state index is 11.0. The number of hydrogen-bond donors (Lipinski definition) is 2. The molecule has 0 radical (unpaired) electrons. The zero-order valence-electron chi connectivity index (χ0n) is 11.5. The summed E-state index contributed by atoms with van der Waals surface area (Å²) in [6, 6.07) is -0.463. The Bertz CT molecular complexity index is 396. The van der Waals surface area contributed by atoms with Gasteiger partial charge in [-0.05, 0) is 6.42 Å². The summed E-state index contributed by atoms with van der Waals surface area (Å²) in [5.74, 6) is -0.780. The van der Waals surface area contributed by atoms with Crippen LogP contribution in [-0.2, 0) is 16.8 Å². The quantitative estimate of drug-likeness (QED) is 0.834. The number of carboxylic acid groups (broad SMARTS) is 1. The molecule has 0 amide bonds. The van der Waals surface area contributed by atoms with Gasteiger partial charge in [0.15, 0.2) is 0 Å². The van der Waals surface area contributed by atoms with Crippen LogP contribution in [0.4, 0.5) is 0 Å². The lowest BCUT2D eigenvalue weighted by atomic mass is 9.98. The molecule has 1 rings (SSSR count). The van der Waals surface area contributed by atoms with Gasteiger partial charge in [0.05, 0.1) is 5.01 Å². The number of carbonyl (C=O) groups is 1. The minimum Gasteiger partial charge on any atom is -0.480 e. The van der Waals surface area contributed by atoms with Crippen molar-refractivity contribution < 1.29 is 9.90 Å². The Morgan fingerprint density at radius 2 is 2.22 bits per heavy atom. The van der Waals surface area contributed by atoms with Crippen LogP contribution >= 0.6 is 11.3 Å². The maximum atomic E-state index is 11.0. The second-order valence-corrected chi connectivity index (χ2v) is 6.56. The van der Waals surface area contributed by atoms with E-state index in [4.69, 9.17) is 5.11 Å². The van der Waals surface area contributed by atoms with Gasteiger partial charge in [-0.2, -0.15) is 0 Å². The fraction of sp³-hybridized carbons (Fsp3) is 0.692. The third kappa shape index (κ3) is 4.38. The van der Waals surface area contributed by atoms with E-state index in [1.807, 2.05) is 13.1 Å². The molecule has 1 heterocycles. The normalized spacial score (nSPS) is 13.6. The molecule has 0 aromatic carbocycles. The van der Waals surface area contributed by atoms with E-state index >= 15 is 0 Å². The van der Waals surface area contributed by atoms with Gasteiger partial charge < -0.3 is 5.11 Å². The Morgan fingerprint density at radius 3 is 2.67 bits per heavy atom. The van der Waals surface area contributed by atoms with E-state index < -0.39 is 12.0 Å². The lowest BCUT2D eigenvalue weighted by Crippen LogP contribution is -2.35. The monoisotopic (exact) mass is 270 g/mol. The van der Waals surface area contributed by atoms with Gasteiger partial charge in [-0.1, -0.05) is 34.1 Å². The molecule has 1 atom stereocenters. The Morgan fingerprint density at radius 1 is 1.56 bits per heavy atom. The second-order valence-electron chi connectivity index (χ2n) is 5.44. The summed E-state index contributed by atoms with van der Waals surface area (Å²) in [6.45, 7) is 8.94. The van der Waals surface area contributed by atoms with Crippen molar-refractivity contribution in [3.8, 4) is 0 Å². The van der Waals surface area contributed by atoms with Crippen molar-refractivity contribution in [2.75, 3.05) is 0 Å². The van der Waals surface area contributed by atoms with Gasteiger partial charge in [-0.3, -0.25) is 10.1 Å². The van der Waals surface area contributed by atoms with Gasteiger partial charge in [0.1, 0.15) is 6.04 Å². The summed E-state index contributed by atoms with van der Waals surface area (Å²) in [7, 11) is 0. The number of nitrogens with one attached hydrogen (secondary N) is 1. The Hall–Kier alpha value is -0.940. The molecule has 0 aliphatic rings. The van der Waals surface area contributed by atoms with Crippen molar-refractivity contribution in [2.24, 2.45) is 0 Å². The minimum absolute atomic E-state index is 0.0541. The molecule has 0 saturated carbocycles. The molecular formula is C13H22N2O2S. The largest absolute Gasteiger partial charge is 0.480 e. The first kappa shape index (κ1) is 15.1. The van der Waals surface area contributed by atoms with Gasteiger partial charge >= 0.3 is 5.97 Å². The van der Waals surface area contributed by atoms with E-state index in [9.17, 15) is 4.79 Å². The third-order valence-electron chi connectivity index (χ3n) is 2.59. The van der Waals surface area contributed by atoms with Crippen molar-refractivity contribution in [3.63, 3.8) is 0 Å². The van der Waals surface area contributed by atoms with Gasteiger partial charge in [0.2, 0.25) is 0 Å². The zero-order valence-corrected chi connectivity index (χ0v) is 12.3. The van der Waals surface area contributed by atoms with E-state index in [2.05, 4.69) is 31.1 Å². The van der Waals surface area contributed by atoms with Crippen molar-refractivity contribution in [2.45, 2.75) is 58.5 Å². The average Bonchev–Trinajstić information content (AvgIpc) is 2.71. The highest BCUT2D eigenvalue weighted by Gasteiger charge is 2.19. The summed E-state index contributed by atoms with van der Waals surface area (Å²) in [5.41, 5.74) is 0.0541. The molecule has 0 aliphatic carbocycles. The van der Waals surface area contributed by atoms with Crippen LogP contribution in [0.5, 0.6) is 0 Å². The lowest BCUT2D eigenvalue weighted by Gasteiger charge is -2.14. The minimum atomic E-state index is -0.780. The molecule has 4 nitrogen and oxygen atoms in total. The first-order valence-corrected chi connectivity index (χ1v) is 7.07. The van der Waals surface area contributed by atoms with E-state index in [1.54, 1.807) is 11.3 Å². The highest BCUT2D eigenvalue weighted by atomic mass is 32.1. The lowest BCUT2D eigenvalue weighted by molar-refractivity contribution is -0.139. The number of thiazole rings is 1. The Balaban J connectivity index is 2.57. The van der Waals surface area contributed by atoms with Crippen LogP contribution in [0.2, 0.25) is 0 Å². The highest BCUT2D eigenvalue weighted by Crippen LogP contribution is 2.26. The van der Waals surface area contributed by atoms with Crippen molar-refractivity contribution >= 4 is 17.3 Å². The number of hydrogen-bond acceptors (Lipinski definition) is 4. The molecule has 1 aromatic heterocycles. The average molecular weight is 270 g/mol. The molecule has 0 fully saturated rings. The fourth-order valence-electron chi connectivity index (χ4n) is 1.56. The Kier molecular flexibility index (Phi) is 5.28. The van der Waals surface area contributed by atoms with Crippen LogP contribution in [0.3, 0.4) is 0 Å². The van der Waals surface area contributed by atoms with Crippen LogP contribution in [0.25, 0.3) is 0 Å². The molecule has 0 saturated heterocycles. The molecule has 0 spiro atoms. The predicted octanol–water partition coefficient (Wildman–Crippen LogP) is 2.78. The SMILES string of the molecule is CCCC(NCc1cnc(C(C)(C)C)s1)C(=O)O. The summed E-state index contributed by atoms with van der Waals surface area (Å²) in [6.07, 6.45) is 3.35. The summed E-state index contributed by atoms with van der Waals surface area (Å²) >= 11 is 1.65. The van der Waals surface area contributed by atoms with E-state index in [0.29, 0.717) is 13.0 Å². The topological polar surface area (TPSA) is 62.2 Å². The molecule has 2 N–H and O–H groups in total. The second kappa shape index (κ2) is 6.29. The predicted molar refractivity (Wildman–Crippen MR) is 74.0 cm³/mol. The zero-order chi connectivity index (χ0) is 13.8. The van der Waals surface area contributed by atoms with Gasteiger partial charge in [0, 0.05) is 23.0 Å². The van der Waals surface area contributed by atoms with Crippen molar-refractivity contribution in [1.82, 2.24) is 10.3 Å². The number of aromatic nitrogens is 1. The molecule has 1 unspecified atom stereocenters. The fourth-order valence-corrected chi connectivity index (χ4v) is 2.48. The standard InChI is InChI=1S/C13H22N2O2S/c1-5-6-10(11(16)17)14-7-9-8-15-12(18-9)13(2,3)4/h8,10,14H,5-7H2,1-4H3,(H,16,17). The van der Waals surface area contributed by atoms with Crippen molar-refractivity contribution in [1.29, 1.82) is 0 Å². The number of nitrogens with zero attached hydrogens (tertiary/aromatic N) is 1. The third-order valence-corrected chi connectivity index (χ3v) is 4.02. The summed E-state index contributed by atoms with van der Waals surface area (Å²) in [5, 5.41) is 13.2. The first-order valence-electron chi connectivity index (χ1n) is 6.26. The molecule has 102 valence electrons. The molecule has 1 aromatic rings. The van der Waals surface area contributed by atoms with Gasteiger partial charge in [-0.25, -0.2) is 4.98 Å². The van der Waals surface area contributed by atoms with Crippen LogP contribution in [0.1, 0.15) is 50.4 Å². The summed E-state index contributed by atoms with van der Waals surface area (Å²) < 4.78 is 0. The van der Waals surface area contributed by atoms with Gasteiger partial charge in [0.25, 0.3) is 0 Å². The number of carboxylic acids is 1. The van der Waals surface area contributed by atoms with Crippen LogP contribution in [-0.4, -0.2) is 22.1 Å². The molecule has 5 heteroatoms. The van der Waals surface area contributed by atoms with Crippen LogP contribution in [0.15, 0.2) is 6.20 Å². The van der Waals surface area contributed by atoms with E-state index in [1.165, 1.54) is 0 Å². The van der Waals surface area contributed by atoms with Crippen LogP contribution < -0.4 is 5.32 Å². The van der Waals surface area contributed by atoms with E-state index in [0.717, 1.165) is 16.3 Å². The van der Waals surface area contributed by atoms with Crippen molar-refractivity contribution in [3.05, 3.63) is 16.1 Å². The smallest absolute Gasteiger partial charge is 0.320 e. The molecule has 0 bridgehead atoms. The molecule has 0 aliphatic heterocycles. The molecular weight excluding hydrogens is 248 g/mol. The highest BCUT2D eigenvalue weighted by molar-refractivity contribution is 7.11. The Labute approximate surface area is 112 Å². The van der Waals surface area contributed by atoms with Crippen LogP contribution in [0, 0.1) is 0 Å². The van der Waals surface area contributed by atoms with E-state index in [-0.39, 0.29) is 5.41 Å². The summed E-state index contributed by atoms with van der Waals surface area (Å²) in [4.78, 5) is 16.5. The number of aliphatic carboxylic acids is 1. The maximum Gasteiger partial charge on any atom is 0.320 e. The van der Waals surface area contributed by atoms with Gasteiger partial charge in [-0.15, -0.1) is 11.3 Å².